The summed E-state index contributed by atoms with van der Waals surface area (Å²) in [4.78, 5) is 12.1. The number of ether oxygens (including phenoxy) is 4. The van der Waals surface area contributed by atoms with Crippen molar-refractivity contribution in [2.24, 2.45) is 0 Å². The lowest BCUT2D eigenvalue weighted by molar-refractivity contribution is 0.0949. The zero-order valence-electron chi connectivity index (χ0n) is 23.5. The standard InChI is InChI=1S/C28H31N7O5S/c1-16-14-29-26(30-15-16)25(40-6)17(2)41(36)34-28-33-32-27(21-13-18-12-19(37-3)10-11-20(18)31-21)35(28)24-22(38-4)8-7-9-23(24)39-5/h7-15,17,25,31H,1-6H3,(H,33,34). The molecule has 214 valence electrons. The first kappa shape index (κ1) is 28.2. The van der Waals surface area contributed by atoms with Gasteiger partial charge in [0.15, 0.2) is 23.0 Å². The number of H-pyrrole nitrogens is 1. The Hall–Kier alpha value is -4.33. The van der Waals surface area contributed by atoms with Gasteiger partial charge in [-0.05, 0) is 55.8 Å². The summed E-state index contributed by atoms with van der Waals surface area (Å²) in [5.41, 5.74) is 3.00. The van der Waals surface area contributed by atoms with Crippen molar-refractivity contribution in [3.63, 3.8) is 0 Å². The molecular weight excluding hydrogens is 546 g/mol. The van der Waals surface area contributed by atoms with Crippen molar-refractivity contribution in [2.75, 3.05) is 33.2 Å². The number of aromatic amines is 1. The monoisotopic (exact) mass is 577 g/mol. The number of fused-ring (bicyclic) bond motifs is 1. The molecule has 3 aromatic heterocycles. The number of aromatic nitrogens is 6. The first-order chi connectivity index (χ1) is 19.9. The Labute approximate surface area is 240 Å². The van der Waals surface area contributed by atoms with Gasteiger partial charge in [0.1, 0.15) is 22.9 Å². The molecule has 0 fully saturated rings. The summed E-state index contributed by atoms with van der Waals surface area (Å²) in [5.74, 6) is 2.83. The van der Waals surface area contributed by atoms with Crippen LogP contribution in [0.5, 0.6) is 17.2 Å². The molecule has 5 rings (SSSR count). The van der Waals surface area contributed by atoms with Crippen molar-refractivity contribution < 1.29 is 23.5 Å². The van der Waals surface area contributed by atoms with Crippen molar-refractivity contribution in [1.82, 2.24) is 29.7 Å². The second-order valence-electron chi connectivity index (χ2n) is 9.21. The average Bonchev–Trinajstić information content (AvgIpc) is 3.61. The maximum Gasteiger partial charge on any atom is 0.271 e. The van der Waals surface area contributed by atoms with E-state index >= 15 is 0 Å². The highest BCUT2D eigenvalue weighted by atomic mass is 32.2. The molecule has 0 aliphatic carbocycles. The van der Waals surface area contributed by atoms with Crippen molar-refractivity contribution in [3.8, 4) is 34.5 Å². The van der Waals surface area contributed by atoms with Crippen LogP contribution >= 0.6 is 0 Å². The molecule has 3 unspecified atom stereocenters. The Morgan fingerprint density at radius 2 is 1.66 bits per heavy atom. The topological polar surface area (TPSA) is 144 Å². The SMILES string of the molecule is COc1ccc2[nH]c(-c3nnc(N[S+]([O-])C(C)C(OC)c4ncc(C)cn4)n3-c3c(OC)cccc3OC)cc2c1. The van der Waals surface area contributed by atoms with Gasteiger partial charge in [0.25, 0.3) is 5.95 Å². The molecule has 41 heavy (non-hydrogen) atoms. The number of rotatable bonds is 11. The van der Waals surface area contributed by atoms with Gasteiger partial charge in [-0.15, -0.1) is 10.2 Å². The Balaban J connectivity index is 1.59. The van der Waals surface area contributed by atoms with E-state index in [0.29, 0.717) is 34.5 Å². The molecule has 0 saturated carbocycles. The lowest BCUT2D eigenvalue weighted by Crippen LogP contribution is -2.33. The normalized spacial score (nSPS) is 13.5. The second-order valence-corrected chi connectivity index (χ2v) is 10.8. The molecule has 0 saturated heterocycles. The number of nitrogens with zero attached hydrogens (tertiary/aromatic N) is 5. The Kier molecular flexibility index (Phi) is 8.28. The maximum absolute atomic E-state index is 13.7. The molecule has 0 amide bonds. The number of methoxy groups -OCH3 is 4. The van der Waals surface area contributed by atoms with Crippen LogP contribution in [0.2, 0.25) is 0 Å². The number of aryl methyl sites for hydroxylation is 1. The van der Waals surface area contributed by atoms with Crippen LogP contribution in [0.3, 0.4) is 0 Å². The minimum Gasteiger partial charge on any atom is -0.593 e. The fourth-order valence-electron chi connectivity index (χ4n) is 4.50. The fourth-order valence-corrected chi connectivity index (χ4v) is 5.45. The second kappa shape index (κ2) is 12.0. The van der Waals surface area contributed by atoms with Crippen LogP contribution in [0.4, 0.5) is 5.95 Å². The third-order valence-electron chi connectivity index (χ3n) is 6.62. The molecule has 0 aliphatic rings. The van der Waals surface area contributed by atoms with Crippen LogP contribution in [0.1, 0.15) is 24.4 Å². The fraction of sp³-hybridized carbons (Fsp3) is 0.286. The van der Waals surface area contributed by atoms with Crippen molar-refractivity contribution >= 4 is 28.2 Å². The Bertz CT molecular complexity index is 1620. The highest BCUT2D eigenvalue weighted by Crippen LogP contribution is 2.38. The average molecular weight is 578 g/mol. The van der Waals surface area contributed by atoms with Gasteiger partial charge in [0.05, 0.1) is 38.4 Å². The van der Waals surface area contributed by atoms with Gasteiger partial charge in [-0.3, -0.25) is 0 Å². The Morgan fingerprint density at radius 1 is 0.951 bits per heavy atom. The smallest absolute Gasteiger partial charge is 0.271 e. The Morgan fingerprint density at radius 3 is 2.29 bits per heavy atom. The van der Waals surface area contributed by atoms with Crippen LogP contribution in [0, 0.1) is 6.92 Å². The van der Waals surface area contributed by atoms with Crippen LogP contribution in [0.15, 0.2) is 54.9 Å². The highest BCUT2D eigenvalue weighted by molar-refractivity contribution is 7.93. The third-order valence-corrected chi connectivity index (χ3v) is 7.93. The number of nitrogens with one attached hydrogen (secondary N) is 2. The van der Waals surface area contributed by atoms with E-state index in [2.05, 4.69) is 29.9 Å². The zero-order chi connectivity index (χ0) is 29.1. The largest absolute Gasteiger partial charge is 0.593 e. The lowest BCUT2D eigenvalue weighted by atomic mass is 10.2. The molecule has 0 aliphatic heterocycles. The van der Waals surface area contributed by atoms with E-state index in [0.717, 1.165) is 22.2 Å². The number of benzene rings is 2. The predicted molar refractivity (Wildman–Crippen MR) is 156 cm³/mol. The summed E-state index contributed by atoms with van der Waals surface area (Å²) in [5, 5.41) is 9.25. The summed E-state index contributed by atoms with van der Waals surface area (Å²) in [6.07, 6.45) is 2.76. The van der Waals surface area contributed by atoms with E-state index in [1.165, 1.54) is 7.11 Å². The number of anilines is 1. The van der Waals surface area contributed by atoms with Crippen molar-refractivity contribution in [2.45, 2.75) is 25.2 Å². The van der Waals surface area contributed by atoms with E-state index in [1.807, 2.05) is 37.3 Å². The van der Waals surface area contributed by atoms with Crippen LogP contribution in [-0.4, -0.2) is 68.0 Å². The summed E-state index contributed by atoms with van der Waals surface area (Å²) in [7, 11) is 6.29. The van der Waals surface area contributed by atoms with E-state index < -0.39 is 22.7 Å². The quantitative estimate of drug-likeness (QED) is 0.217. The van der Waals surface area contributed by atoms with E-state index in [9.17, 15) is 4.55 Å². The number of hydrogen-bond acceptors (Lipinski definition) is 10. The minimum atomic E-state index is -1.70. The third kappa shape index (κ3) is 5.51. The molecule has 0 bridgehead atoms. The molecule has 12 nitrogen and oxygen atoms in total. The van der Waals surface area contributed by atoms with Gasteiger partial charge in [-0.1, -0.05) is 6.07 Å². The molecule has 5 aromatic rings. The van der Waals surface area contributed by atoms with Crippen LogP contribution in [-0.2, 0) is 16.1 Å². The van der Waals surface area contributed by atoms with Crippen molar-refractivity contribution in [1.29, 1.82) is 0 Å². The highest BCUT2D eigenvalue weighted by Gasteiger charge is 2.34. The lowest BCUT2D eigenvalue weighted by Gasteiger charge is -2.24. The van der Waals surface area contributed by atoms with Crippen molar-refractivity contribution in [3.05, 3.63) is 66.2 Å². The maximum atomic E-state index is 13.7. The van der Waals surface area contributed by atoms with Gasteiger partial charge >= 0.3 is 0 Å². The summed E-state index contributed by atoms with van der Waals surface area (Å²) in [6, 6.07) is 13.1. The first-order valence-corrected chi connectivity index (χ1v) is 13.9. The van der Waals surface area contributed by atoms with Gasteiger partial charge < -0.3 is 28.5 Å². The first-order valence-electron chi connectivity index (χ1n) is 12.7. The summed E-state index contributed by atoms with van der Waals surface area (Å²) < 4.78 is 40.9. The van der Waals surface area contributed by atoms with E-state index in [4.69, 9.17) is 18.9 Å². The molecule has 3 heterocycles. The van der Waals surface area contributed by atoms with Gasteiger partial charge in [-0.25, -0.2) is 14.5 Å². The van der Waals surface area contributed by atoms with E-state index in [1.54, 1.807) is 57.3 Å². The summed E-state index contributed by atoms with van der Waals surface area (Å²) in [6.45, 7) is 3.69. The molecule has 13 heteroatoms. The number of hydrogen-bond donors (Lipinski definition) is 2. The molecule has 0 spiro atoms. The van der Waals surface area contributed by atoms with Crippen LogP contribution < -0.4 is 18.9 Å². The molecule has 2 aromatic carbocycles. The van der Waals surface area contributed by atoms with E-state index in [-0.39, 0.29) is 5.95 Å². The number of para-hydroxylation sites is 1. The van der Waals surface area contributed by atoms with Crippen LogP contribution in [0.25, 0.3) is 28.1 Å². The predicted octanol–water partition coefficient (Wildman–Crippen LogP) is 4.39. The summed E-state index contributed by atoms with van der Waals surface area (Å²) >= 11 is -1.70. The minimum absolute atomic E-state index is 0.212. The van der Waals surface area contributed by atoms with Gasteiger partial charge in [0.2, 0.25) is 0 Å². The molecule has 2 N–H and O–H groups in total. The molecule has 3 atom stereocenters. The zero-order valence-corrected chi connectivity index (χ0v) is 24.4. The molecular formula is C28H31N7O5S. The van der Waals surface area contributed by atoms with Gasteiger partial charge in [-0.2, -0.15) is 4.72 Å². The molecule has 0 radical (unpaired) electrons. The van der Waals surface area contributed by atoms with Gasteiger partial charge in [0, 0.05) is 30.4 Å².